The van der Waals surface area contributed by atoms with Crippen molar-refractivity contribution in [2.24, 2.45) is 0 Å². The number of nitrogens with one attached hydrogen (secondary N) is 1. The molecule has 0 spiro atoms. The van der Waals surface area contributed by atoms with E-state index in [4.69, 9.17) is 11.6 Å². The maximum atomic E-state index is 12.3. The van der Waals surface area contributed by atoms with Crippen LogP contribution in [0, 0.1) is 0 Å². The van der Waals surface area contributed by atoms with Crippen molar-refractivity contribution in [2.75, 3.05) is 11.1 Å². The summed E-state index contributed by atoms with van der Waals surface area (Å²) in [6.45, 7) is 2.08. The topological polar surface area (TPSA) is 54.9 Å². The van der Waals surface area contributed by atoms with Crippen molar-refractivity contribution in [2.45, 2.75) is 11.9 Å². The molecule has 0 saturated heterocycles. The predicted octanol–water partition coefficient (Wildman–Crippen LogP) is 5.16. The zero-order chi connectivity index (χ0) is 17.6. The van der Waals surface area contributed by atoms with Crippen molar-refractivity contribution in [3.8, 4) is 11.3 Å². The van der Waals surface area contributed by atoms with E-state index in [1.54, 1.807) is 36.0 Å². The molecule has 0 unspecified atom stereocenters. The Labute approximate surface area is 155 Å². The van der Waals surface area contributed by atoms with Crippen LogP contribution >= 0.6 is 23.4 Å². The maximum absolute atomic E-state index is 12.3. The number of nitrogens with zero attached hydrogens (tertiary/aromatic N) is 2. The molecule has 25 heavy (non-hydrogen) atoms. The van der Waals surface area contributed by atoms with E-state index in [-0.39, 0.29) is 5.91 Å². The van der Waals surface area contributed by atoms with Gasteiger partial charge in [-0.15, -0.1) is 22.0 Å². The molecule has 6 heteroatoms. The smallest absolute Gasteiger partial charge is 0.255 e. The molecular weight excluding hydrogens is 354 g/mol. The number of halogens is 1. The van der Waals surface area contributed by atoms with E-state index in [0.29, 0.717) is 16.3 Å². The van der Waals surface area contributed by atoms with Gasteiger partial charge in [0, 0.05) is 21.8 Å². The number of carbonyl (C=O) groups excluding carboxylic acids is 1. The number of anilines is 1. The van der Waals surface area contributed by atoms with Gasteiger partial charge in [-0.2, -0.15) is 0 Å². The zero-order valence-corrected chi connectivity index (χ0v) is 15.1. The molecule has 0 atom stereocenters. The van der Waals surface area contributed by atoms with Gasteiger partial charge in [0.15, 0.2) is 0 Å². The molecule has 4 nitrogen and oxygen atoms in total. The van der Waals surface area contributed by atoms with Crippen LogP contribution in [0.15, 0.2) is 65.7 Å². The van der Waals surface area contributed by atoms with E-state index in [9.17, 15) is 4.79 Å². The Bertz CT molecular complexity index is 884. The Kier molecular flexibility index (Phi) is 5.68. The molecule has 1 heterocycles. The van der Waals surface area contributed by atoms with Crippen LogP contribution in [0.4, 0.5) is 5.69 Å². The third kappa shape index (κ3) is 4.59. The Morgan fingerprint density at radius 2 is 1.92 bits per heavy atom. The summed E-state index contributed by atoms with van der Waals surface area (Å²) in [6.07, 6.45) is 0. The molecule has 126 valence electrons. The molecule has 0 aliphatic heterocycles. The highest BCUT2D eigenvalue weighted by molar-refractivity contribution is 7.99. The van der Waals surface area contributed by atoms with Crippen molar-refractivity contribution < 1.29 is 4.79 Å². The second kappa shape index (κ2) is 8.14. The molecule has 3 aromatic rings. The lowest BCUT2D eigenvalue weighted by molar-refractivity contribution is 0.102. The van der Waals surface area contributed by atoms with Crippen molar-refractivity contribution in [1.82, 2.24) is 10.2 Å². The third-order valence-electron chi connectivity index (χ3n) is 3.44. The van der Waals surface area contributed by atoms with Crippen molar-refractivity contribution in [1.29, 1.82) is 0 Å². The largest absolute Gasteiger partial charge is 0.322 e. The number of amides is 1. The zero-order valence-electron chi connectivity index (χ0n) is 13.6. The number of hydrogen-bond acceptors (Lipinski definition) is 4. The molecule has 0 aliphatic carbocycles. The van der Waals surface area contributed by atoms with Crippen LogP contribution in [0.1, 0.15) is 17.3 Å². The average molecular weight is 370 g/mol. The van der Waals surface area contributed by atoms with Gasteiger partial charge >= 0.3 is 0 Å². The summed E-state index contributed by atoms with van der Waals surface area (Å²) >= 11 is 7.58. The average Bonchev–Trinajstić information content (AvgIpc) is 2.63. The molecular formula is C19H16ClN3OS. The van der Waals surface area contributed by atoms with Crippen LogP contribution in [-0.2, 0) is 0 Å². The molecule has 1 N–H and O–H groups in total. The highest BCUT2D eigenvalue weighted by Gasteiger charge is 2.08. The van der Waals surface area contributed by atoms with Crippen LogP contribution in [0.25, 0.3) is 11.3 Å². The van der Waals surface area contributed by atoms with Crippen LogP contribution in [-0.4, -0.2) is 21.9 Å². The molecule has 1 amide bonds. The minimum Gasteiger partial charge on any atom is -0.322 e. The first-order valence-electron chi connectivity index (χ1n) is 7.79. The summed E-state index contributed by atoms with van der Waals surface area (Å²) in [6, 6.07) is 18.2. The third-order valence-corrected chi connectivity index (χ3v) is 4.47. The summed E-state index contributed by atoms with van der Waals surface area (Å²) in [5, 5.41) is 12.8. The van der Waals surface area contributed by atoms with Gasteiger partial charge in [-0.1, -0.05) is 36.7 Å². The lowest BCUT2D eigenvalue weighted by Crippen LogP contribution is -2.11. The standard InChI is InChI=1S/C19H16ClN3OS/c1-2-25-18-10-9-17(22-23-18)13-5-4-8-16(12-13)21-19(24)14-6-3-7-15(20)11-14/h3-12H,2H2,1H3,(H,21,24). The summed E-state index contributed by atoms with van der Waals surface area (Å²) in [4.78, 5) is 12.3. The van der Waals surface area contributed by atoms with E-state index in [0.717, 1.165) is 22.0 Å². The summed E-state index contributed by atoms with van der Waals surface area (Å²) in [5.41, 5.74) is 2.86. The summed E-state index contributed by atoms with van der Waals surface area (Å²) < 4.78 is 0. The normalized spacial score (nSPS) is 10.5. The van der Waals surface area contributed by atoms with Gasteiger partial charge < -0.3 is 5.32 Å². The lowest BCUT2D eigenvalue weighted by atomic mass is 10.1. The maximum Gasteiger partial charge on any atom is 0.255 e. The molecule has 0 radical (unpaired) electrons. The van der Waals surface area contributed by atoms with Crippen LogP contribution in [0.2, 0.25) is 5.02 Å². The first-order chi connectivity index (χ1) is 12.2. The number of aromatic nitrogens is 2. The van der Waals surface area contributed by atoms with Crippen molar-refractivity contribution in [3.05, 3.63) is 71.2 Å². The fourth-order valence-electron chi connectivity index (χ4n) is 2.29. The van der Waals surface area contributed by atoms with Crippen molar-refractivity contribution >= 4 is 35.0 Å². The molecule has 0 saturated carbocycles. The SMILES string of the molecule is CCSc1ccc(-c2cccc(NC(=O)c3cccc(Cl)c3)c2)nn1. The Morgan fingerprint density at radius 3 is 2.64 bits per heavy atom. The molecule has 0 aliphatic rings. The summed E-state index contributed by atoms with van der Waals surface area (Å²) in [5.74, 6) is 0.749. The monoisotopic (exact) mass is 369 g/mol. The minimum atomic E-state index is -0.208. The van der Waals surface area contributed by atoms with Gasteiger partial charge in [0.05, 0.1) is 5.69 Å². The first kappa shape index (κ1) is 17.5. The Morgan fingerprint density at radius 1 is 1.08 bits per heavy atom. The second-order valence-electron chi connectivity index (χ2n) is 5.24. The number of thioether (sulfide) groups is 1. The van der Waals surface area contributed by atoms with Gasteiger partial charge in [-0.3, -0.25) is 4.79 Å². The highest BCUT2D eigenvalue weighted by Crippen LogP contribution is 2.23. The van der Waals surface area contributed by atoms with E-state index in [2.05, 4.69) is 22.4 Å². The van der Waals surface area contributed by atoms with E-state index in [1.165, 1.54) is 0 Å². The lowest BCUT2D eigenvalue weighted by Gasteiger charge is -2.08. The van der Waals surface area contributed by atoms with Gasteiger partial charge in [0.2, 0.25) is 0 Å². The number of carbonyl (C=O) groups is 1. The predicted molar refractivity (Wildman–Crippen MR) is 103 cm³/mol. The van der Waals surface area contributed by atoms with Gasteiger partial charge in [-0.25, -0.2) is 0 Å². The molecule has 0 fully saturated rings. The first-order valence-corrected chi connectivity index (χ1v) is 9.16. The van der Waals surface area contributed by atoms with E-state index >= 15 is 0 Å². The molecule has 0 bridgehead atoms. The molecule has 1 aromatic heterocycles. The van der Waals surface area contributed by atoms with Crippen molar-refractivity contribution in [3.63, 3.8) is 0 Å². The quantitative estimate of drug-likeness (QED) is 0.631. The fourth-order valence-corrected chi connectivity index (χ4v) is 3.04. The van der Waals surface area contributed by atoms with Gasteiger partial charge in [0.1, 0.15) is 5.03 Å². The van der Waals surface area contributed by atoms with Gasteiger partial charge in [0.25, 0.3) is 5.91 Å². The number of hydrogen-bond donors (Lipinski definition) is 1. The minimum absolute atomic E-state index is 0.208. The van der Waals surface area contributed by atoms with E-state index in [1.807, 2.05) is 36.4 Å². The Balaban J connectivity index is 1.78. The summed E-state index contributed by atoms with van der Waals surface area (Å²) in [7, 11) is 0. The van der Waals surface area contributed by atoms with Crippen LogP contribution in [0.5, 0.6) is 0 Å². The van der Waals surface area contributed by atoms with Crippen LogP contribution in [0.3, 0.4) is 0 Å². The van der Waals surface area contributed by atoms with E-state index < -0.39 is 0 Å². The molecule has 3 rings (SSSR count). The molecule has 2 aromatic carbocycles. The Hall–Kier alpha value is -2.37. The van der Waals surface area contributed by atoms with Crippen LogP contribution < -0.4 is 5.32 Å². The number of benzene rings is 2. The fraction of sp³-hybridized carbons (Fsp3) is 0.105. The second-order valence-corrected chi connectivity index (χ2v) is 6.96. The van der Waals surface area contributed by atoms with Gasteiger partial charge in [-0.05, 0) is 48.2 Å². The number of rotatable bonds is 5. The highest BCUT2D eigenvalue weighted by atomic mass is 35.5.